The van der Waals surface area contributed by atoms with Gasteiger partial charge in [0.05, 0.1) is 0 Å². The molecule has 84 valence electrons. The molecule has 1 aliphatic heterocycles. The van der Waals surface area contributed by atoms with Crippen LogP contribution in [0.25, 0.3) is 0 Å². The zero-order valence-corrected chi connectivity index (χ0v) is 9.02. The van der Waals surface area contributed by atoms with E-state index in [1.54, 1.807) is 0 Å². The number of nitrogens with zero attached hydrogens (tertiary/aromatic N) is 1. The van der Waals surface area contributed by atoms with Crippen molar-refractivity contribution >= 4 is 0 Å². The van der Waals surface area contributed by atoms with Crippen molar-refractivity contribution in [3.8, 4) is 0 Å². The van der Waals surface area contributed by atoms with Gasteiger partial charge in [0.15, 0.2) is 0 Å². The van der Waals surface area contributed by atoms with Gasteiger partial charge in [-0.2, -0.15) is 0 Å². The van der Waals surface area contributed by atoms with E-state index in [2.05, 4.69) is 17.1 Å². The third-order valence-corrected chi connectivity index (χ3v) is 2.67. The van der Waals surface area contributed by atoms with Crippen LogP contribution in [0.2, 0.25) is 0 Å². The Morgan fingerprint density at radius 2 is 2.14 bits per heavy atom. The number of nitrogens with one attached hydrogen (secondary N) is 1. The lowest BCUT2D eigenvalue weighted by Gasteiger charge is -2.21. The fourth-order valence-corrected chi connectivity index (χ4v) is 1.64. The van der Waals surface area contributed by atoms with Crippen molar-refractivity contribution in [2.45, 2.75) is 38.7 Å². The second kappa shape index (κ2) is 5.03. The van der Waals surface area contributed by atoms with Crippen molar-refractivity contribution < 1.29 is 8.78 Å². The van der Waals surface area contributed by atoms with Gasteiger partial charge in [-0.15, -0.1) is 0 Å². The van der Waals surface area contributed by atoms with E-state index in [-0.39, 0.29) is 6.42 Å². The molecule has 0 aromatic rings. The molecule has 0 aromatic heterocycles. The van der Waals surface area contributed by atoms with Crippen molar-refractivity contribution in [3.05, 3.63) is 0 Å². The maximum Gasteiger partial charge on any atom is 0.246 e. The molecule has 1 fully saturated rings. The standard InChI is InChI=1S/C10H20F2N2/c1-9-3-6-14(8-5-13-9)7-4-10(2,11)12/h9,13H,3-8H2,1-2H3. The van der Waals surface area contributed by atoms with Crippen molar-refractivity contribution in [2.75, 3.05) is 26.2 Å². The molecular weight excluding hydrogens is 186 g/mol. The van der Waals surface area contributed by atoms with Crippen LogP contribution in [0.15, 0.2) is 0 Å². The van der Waals surface area contributed by atoms with Crippen molar-refractivity contribution in [3.63, 3.8) is 0 Å². The lowest BCUT2D eigenvalue weighted by molar-refractivity contribution is 0.00370. The van der Waals surface area contributed by atoms with E-state index in [1.165, 1.54) is 0 Å². The molecule has 1 heterocycles. The van der Waals surface area contributed by atoms with Crippen LogP contribution < -0.4 is 5.32 Å². The predicted molar refractivity (Wildman–Crippen MR) is 53.8 cm³/mol. The van der Waals surface area contributed by atoms with Gasteiger partial charge in [-0.3, -0.25) is 0 Å². The summed E-state index contributed by atoms with van der Waals surface area (Å²) in [6, 6.07) is 0.516. The maximum atomic E-state index is 12.6. The van der Waals surface area contributed by atoms with Crippen LogP contribution in [0.4, 0.5) is 8.78 Å². The molecule has 14 heavy (non-hydrogen) atoms. The zero-order valence-electron chi connectivity index (χ0n) is 9.02. The summed E-state index contributed by atoms with van der Waals surface area (Å²) in [6.45, 7) is 6.38. The molecule has 1 unspecified atom stereocenters. The van der Waals surface area contributed by atoms with Gasteiger partial charge < -0.3 is 10.2 Å². The van der Waals surface area contributed by atoms with Crippen LogP contribution >= 0.6 is 0 Å². The molecule has 0 spiro atoms. The van der Waals surface area contributed by atoms with E-state index in [0.717, 1.165) is 33.0 Å². The first-order valence-electron chi connectivity index (χ1n) is 5.31. The number of hydrogen-bond acceptors (Lipinski definition) is 2. The van der Waals surface area contributed by atoms with E-state index in [9.17, 15) is 8.78 Å². The Balaban J connectivity index is 2.24. The average Bonchev–Trinajstić information content (AvgIpc) is 2.25. The summed E-state index contributed by atoms with van der Waals surface area (Å²) in [5, 5.41) is 3.34. The minimum atomic E-state index is -2.52. The normalized spacial score (nSPS) is 26.1. The minimum absolute atomic E-state index is 0.0264. The molecular formula is C10H20F2N2. The average molecular weight is 206 g/mol. The lowest BCUT2D eigenvalue weighted by atomic mass is 10.2. The molecule has 1 rings (SSSR count). The summed E-state index contributed by atoms with van der Waals surface area (Å²) in [5.74, 6) is -2.52. The second-order valence-corrected chi connectivity index (χ2v) is 4.31. The first kappa shape index (κ1) is 11.9. The molecule has 0 aliphatic carbocycles. The molecule has 0 bridgehead atoms. The fraction of sp³-hybridized carbons (Fsp3) is 1.00. The topological polar surface area (TPSA) is 15.3 Å². The number of rotatable bonds is 3. The highest BCUT2D eigenvalue weighted by atomic mass is 19.3. The summed E-state index contributed by atoms with van der Waals surface area (Å²) >= 11 is 0. The van der Waals surface area contributed by atoms with E-state index in [4.69, 9.17) is 0 Å². The van der Waals surface area contributed by atoms with Gasteiger partial charge in [0.1, 0.15) is 0 Å². The zero-order chi connectivity index (χ0) is 10.6. The fourth-order valence-electron chi connectivity index (χ4n) is 1.64. The van der Waals surface area contributed by atoms with Crippen molar-refractivity contribution in [1.29, 1.82) is 0 Å². The maximum absolute atomic E-state index is 12.6. The van der Waals surface area contributed by atoms with Crippen LogP contribution in [0, 0.1) is 0 Å². The second-order valence-electron chi connectivity index (χ2n) is 4.31. The van der Waals surface area contributed by atoms with E-state index in [0.29, 0.717) is 12.6 Å². The van der Waals surface area contributed by atoms with E-state index >= 15 is 0 Å². The summed E-state index contributed by atoms with van der Waals surface area (Å²) in [6.07, 6.45) is 1.02. The van der Waals surface area contributed by atoms with Gasteiger partial charge >= 0.3 is 0 Å². The van der Waals surface area contributed by atoms with Gasteiger partial charge in [-0.1, -0.05) is 0 Å². The summed E-state index contributed by atoms with van der Waals surface area (Å²) in [4.78, 5) is 2.12. The largest absolute Gasteiger partial charge is 0.313 e. The van der Waals surface area contributed by atoms with Gasteiger partial charge in [0, 0.05) is 32.1 Å². The SMILES string of the molecule is CC1CCN(CCC(C)(F)F)CCN1. The van der Waals surface area contributed by atoms with Gasteiger partial charge in [-0.25, -0.2) is 8.78 Å². The van der Waals surface area contributed by atoms with Crippen LogP contribution in [0.3, 0.4) is 0 Å². The summed E-state index contributed by atoms with van der Waals surface area (Å²) < 4.78 is 25.2. The highest BCUT2D eigenvalue weighted by Gasteiger charge is 2.22. The molecule has 4 heteroatoms. The number of hydrogen-bond donors (Lipinski definition) is 1. The van der Waals surface area contributed by atoms with E-state index in [1.807, 2.05) is 0 Å². The Hall–Kier alpha value is -0.220. The molecule has 0 saturated carbocycles. The lowest BCUT2D eigenvalue weighted by Crippen LogP contribution is -2.32. The van der Waals surface area contributed by atoms with Gasteiger partial charge in [0.25, 0.3) is 0 Å². The molecule has 0 aromatic carbocycles. The molecule has 0 amide bonds. The minimum Gasteiger partial charge on any atom is -0.313 e. The molecule has 1 N–H and O–H groups in total. The Bertz CT molecular complexity index is 168. The Morgan fingerprint density at radius 3 is 2.79 bits per heavy atom. The van der Waals surface area contributed by atoms with E-state index < -0.39 is 5.92 Å². The number of halogens is 2. The third-order valence-electron chi connectivity index (χ3n) is 2.67. The molecule has 0 radical (unpaired) electrons. The third kappa shape index (κ3) is 4.86. The smallest absolute Gasteiger partial charge is 0.246 e. The Labute approximate surface area is 84.7 Å². The van der Waals surface area contributed by atoms with Gasteiger partial charge in [0.2, 0.25) is 5.92 Å². The Kier molecular flexibility index (Phi) is 4.26. The molecule has 1 aliphatic rings. The monoisotopic (exact) mass is 206 g/mol. The van der Waals surface area contributed by atoms with Crippen LogP contribution in [0.5, 0.6) is 0 Å². The first-order valence-corrected chi connectivity index (χ1v) is 5.31. The molecule has 2 nitrogen and oxygen atoms in total. The molecule has 1 atom stereocenters. The summed E-state index contributed by atoms with van der Waals surface area (Å²) in [5.41, 5.74) is 0. The first-order chi connectivity index (χ1) is 6.47. The highest BCUT2D eigenvalue weighted by Crippen LogP contribution is 2.17. The highest BCUT2D eigenvalue weighted by molar-refractivity contribution is 4.73. The van der Waals surface area contributed by atoms with Crippen LogP contribution in [-0.4, -0.2) is 43.0 Å². The van der Waals surface area contributed by atoms with Crippen molar-refractivity contribution in [2.24, 2.45) is 0 Å². The van der Waals surface area contributed by atoms with Crippen LogP contribution in [-0.2, 0) is 0 Å². The molecule has 1 saturated heterocycles. The van der Waals surface area contributed by atoms with Gasteiger partial charge in [-0.05, 0) is 26.8 Å². The Morgan fingerprint density at radius 1 is 1.43 bits per heavy atom. The predicted octanol–water partition coefficient (Wildman–Crippen LogP) is 1.72. The summed E-state index contributed by atoms with van der Waals surface area (Å²) in [7, 11) is 0. The quantitative estimate of drug-likeness (QED) is 0.756. The van der Waals surface area contributed by atoms with Crippen molar-refractivity contribution in [1.82, 2.24) is 10.2 Å². The number of alkyl halides is 2. The van der Waals surface area contributed by atoms with Crippen LogP contribution in [0.1, 0.15) is 26.7 Å².